The van der Waals surface area contributed by atoms with Crippen molar-refractivity contribution in [1.82, 2.24) is 10.2 Å². The Labute approximate surface area is 271 Å². The third-order valence-electron chi connectivity index (χ3n) is 7.79. The molecule has 0 bridgehead atoms. The van der Waals surface area contributed by atoms with Gasteiger partial charge in [0.25, 0.3) is 10.0 Å². The number of anilines is 1. The SMILES string of the molecule is CC[C@@H](C(=O)NC1CCCCC1)N(Cc1ccccc1Cl)C(=O)CN(c1cc(C(F)(F)F)ccc1Cl)S(=O)(=O)c1ccccc1. The molecule has 0 saturated heterocycles. The first-order chi connectivity index (χ1) is 21.3. The molecule has 13 heteroatoms. The third-order valence-corrected chi connectivity index (χ3v) is 10.3. The summed E-state index contributed by atoms with van der Waals surface area (Å²) in [5.41, 5.74) is -1.17. The lowest BCUT2D eigenvalue weighted by molar-refractivity contribution is -0.140. The maximum absolute atomic E-state index is 14.2. The third kappa shape index (κ3) is 8.51. The van der Waals surface area contributed by atoms with Gasteiger partial charge in [0.2, 0.25) is 11.8 Å². The van der Waals surface area contributed by atoms with Crippen molar-refractivity contribution >= 4 is 50.7 Å². The number of rotatable bonds is 11. The van der Waals surface area contributed by atoms with Crippen molar-refractivity contribution in [3.8, 4) is 0 Å². The van der Waals surface area contributed by atoms with Crippen molar-refractivity contribution < 1.29 is 31.2 Å². The Morgan fingerprint density at radius 2 is 1.58 bits per heavy atom. The highest BCUT2D eigenvalue weighted by molar-refractivity contribution is 7.92. The van der Waals surface area contributed by atoms with Crippen LogP contribution in [0.4, 0.5) is 18.9 Å². The lowest BCUT2D eigenvalue weighted by Crippen LogP contribution is -2.54. The molecule has 1 saturated carbocycles. The zero-order valence-corrected chi connectivity index (χ0v) is 26.9. The molecule has 0 spiro atoms. The van der Waals surface area contributed by atoms with Crippen LogP contribution in [-0.4, -0.2) is 43.8 Å². The van der Waals surface area contributed by atoms with Gasteiger partial charge < -0.3 is 10.2 Å². The van der Waals surface area contributed by atoms with Crippen LogP contribution in [0.2, 0.25) is 10.0 Å². The molecule has 2 amide bonds. The van der Waals surface area contributed by atoms with Gasteiger partial charge in [0.05, 0.1) is 21.2 Å². The van der Waals surface area contributed by atoms with Crippen molar-refractivity contribution in [3.05, 3.63) is 94.0 Å². The van der Waals surface area contributed by atoms with Crippen molar-refractivity contribution in [2.75, 3.05) is 10.8 Å². The summed E-state index contributed by atoms with van der Waals surface area (Å²) in [5.74, 6) is -1.23. The number of carbonyl (C=O) groups is 2. The number of halogens is 5. The van der Waals surface area contributed by atoms with Gasteiger partial charge in [0.15, 0.2) is 0 Å². The van der Waals surface area contributed by atoms with Crippen LogP contribution in [0.1, 0.15) is 56.6 Å². The zero-order chi connectivity index (χ0) is 32.8. The molecule has 1 N–H and O–H groups in total. The summed E-state index contributed by atoms with van der Waals surface area (Å²) >= 11 is 12.7. The Balaban J connectivity index is 1.78. The van der Waals surface area contributed by atoms with Gasteiger partial charge in [0, 0.05) is 17.6 Å². The Kier molecular flexibility index (Phi) is 11.4. The van der Waals surface area contributed by atoms with Crippen LogP contribution >= 0.6 is 23.2 Å². The molecule has 0 heterocycles. The maximum Gasteiger partial charge on any atom is 0.416 e. The number of nitrogens with one attached hydrogen (secondary N) is 1. The molecule has 0 unspecified atom stereocenters. The second-order valence-electron chi connectivity index (χ2n) is 10.9. The van der Waals surface area contributed by atoms with Gasteiger partial charge in [-0.25, -0.2) is 8.42 Å². The number of hydrogen-bond acceptors (Lipinski definition) is 4. The molecule has 3 aromatic carbocycles. The molecular weight excluding hydrogens is 650 g/mol. The molecule has 3 aromatic rings. The van der Waals surface area contributed by atoms with Crippen molar-refractivity contribution in [2.45, 2.75) is 75.1 Å². The van der Waals surface area contributed by atoms with Crippen LogP contribution < -0.4 is 9.62 Å². The summed E-state index contributed by atoms with van der Waals surface area (Å²) in [6, 6.07) is 14.9. The van der Waals surface area contributed by atoms with Crippen LogP contribution in [0.5, 0.6) is 0 Å². The predicted molar refractivity (Wildman–Crippen MR) is 169 cm³/mol. The minimum atomic E-state index is -4.81. The molecule has 0 aliphatic heterocycles. The number of benzene rings is 3. The summed E-state index contributed by atoms with van der Waals surface area (Å²) in [4.78, 5) is 28.8. The van der Waals surface area contributed by atoms with E-state index in [4.69, 9.17) is 23.2 Å². The van der Waals surface area contributed by atoms with Crippen LogP contribution in [0.25, 0.3) is 0 Å². The molecule has 0 aromatic heterocycles. The highest BCUT2D eigenvalue weighted by Gasteiger charge is 2.37. The summed E-state index contributed by atoms with van der Waals surface area (Å²) in [6.45, 7) is 0.640. The minimum absolute atomic E-state index is 0.0589. The van der Waals surface area contributed by atoms with Gasteiger partial charge in [-0.15, -0.1) is 0 Å². The summed E-state index contributed by atoms with van der Waals surface area (Å²) in [5, 5.41) is 3.05. The van der Waals surface area contributed by atoms with Gasteiger partial charge in [-0.1, -0.05) is 85.8 Å². The second-order valence-corrected chi connectivity index (χ2v) is 13.5. The predicted octanol–water partition coefficient (Wildman–Crippen LogP) is 7.46. The van der Waals surface area contributed by atoms with Crippen molar-refractivity contribution in [3.63, 3.8) is 0 Å². The van der Waals surface area contributed by atoms with Gasteiger partial charge in [-0.2, -0.15) is 13.2 Å². The minimum Gasteiger partial charge on any atom is -0.352 e. The van der Waals surface area contributed by atoms with E-state index in [9.17, 15) is 31.2 Å². The van der Waals surface area contributed by atoms with E-state index in [1.807, 2.05) is 0 Å². The van der Waals surface area contributed by atoms with Crippen LogP contribution in [0.3, 0.4) is 0 Å². The number of carbonyl (C=O) groups excluding carboxylic acids is 2. The lowest BCUT2D eigenvalue weighted by atomic mass is 9.95. The molecule has 7 nitrogen and oxygen atoms in total. The number of nitrogens with zero attached hydrogens (tertiary/aromatic N) is 2. The Morgan fingerprint density at radius 1 is 0.933 bits per heavy atom. The second kappa shape index (κ2) is 14.9. The fourth-order valence-electron chi connectivity index (χ4n) is 5.39. The Morgan fingerprint density at radius 3 is 2.20 bits per heavy atom. The Hall–Kier alpha value is -3.28. The fourth-order valence-corrected chi connectivity index (χ4v) is 7.30. The van der Waals surface area contributed by atoms with E-state index in [2.05, 4.69) is 5.32 Å². The Bertz CT molecular complexity index is 1600. The topological polar surface area (TPSA) is 86.8 Å². The van der Waals surface area contributed by atoms with Crippen LogP contribution in [0.15, 0.2) is 77.7 Å². The highest BCUT2D eigenvalue weighted by Crippen LogP contribution is 2.37. The smallest absolute Gasteiger partial charge is 0.352 e. The molecule has 1 atom stereocenters. The van der Waals surface area contributed by atoms with Crippen LogP contribution in [0, 0.1) is 0 Å². The molecular formula is C32H34Cl2F3N3O4S. The fraction of sp³-hybridized carbons (Fsp3) is 0.375. The summed E-state index contributed by atoms with van der Waals surface area (Å²) < 4.78 is 69.7. The number of alkyl halides is 3. The van der Waals surface area contributed by atoms with Crippen molar-refractivity contribution in [1.29, 1.82) is 0 Å². The molecule has 4 rings (SSSR count). The zero-order valence-electron chi connectivity index (χ0n) is 24.6. The van der Waals surface area contributed by atoms with E-state index < -0.39 is 51.9 Å². The lowest BCUT2D eigenvalue weighted by Gasteiger charge is -2.35. The molecule has 1 aliphatic rings. The molecule has 242 valence electrons. The van der Waals surface area contributed by atoms with E-state index in [0.29, 0.717) is 21.0 Å². The quantitative estimate of drug-likeness (QED) is 0.227. The first-order valence-electron chi connectivity index (χ1n) is 14.6. The first-order valence-corrected chi connectivity index (χ1v) is 16.8. The average Bonchev–Trinajstić information content (AvgIpc) is 3.01. The monoisotopic (exact) mass is 683 g/mol. The normalized spacial score (nSPS) is 14.9. The highest BCUT2D eigenvalue weighted by atomic mass is 35.5. The van der Waals surface area contributed by atoms with Gasteiger partial charge in [-0.05, 0) is 61.2 Å². The van der Waals surface area contributed by atoms with Gasteiger partial charge in [0.1, 0.15) is 12.6 Å². The van der Waals surface area contributed by atoms with Crippen LogP contribution in [-0.2, 0) is 32.3 Å². The number of hydrogen-bond donors (Lipinski definition) is 1. The number of sulfonamides is 1. The molecule has 1 fully saturated rings. The van der Waals surface area contributed by atoms with E-state index in [1.54, 1.807) is 37.3 Å². The van der Waals surface area contributed by atoms with Gasteiger partial charge >= 0.3 is 6.18 Å². The first kappa shape index (κ1) is 34.6. The van der Waals surface area contributed by atoms with E-state index in [-0.39, 0.29) is 28.9 Å². The van der Waals surface area contributed by atoms with Crippen molar-refractivity contribution in [2.24, 2.45) is 0 Å². The van der Waals surface area contributed by atoms with Gasteiger partial charge in [-0.3, -0.25) is 13.9 Å². The average molecular weight is 685 g/mol. The van der Waals surface area contributed by atoms with E-state index in [1.165, 1.54) is 29.2 Å². The molecule has 45 heavy (non-hydrogen) atoms. The standard InChI is InChI=1S/C32H34Cl2F3N3O4S/c1-2-28(31(42)38-24-12-5-3-6-13-24)39(20-22-11-9-10-16-26(22)33)30(41)21-40(45(43,44)25-14-7-4-8-15-25)29-19-23(32(35,36)37)17-18-27(29)34/h4,7-11,14-19,24,28H,2-3,5-6,12-13,20-21H2,1H3,(H,38,42)/t28-/m0/s1. The molecule has 0 radical (unpaired) electrons. The maximum atomic E-state index is 14.2. The largest absolute Gasteiger partial charge is 0.416 e. The summed E-state index contributed by atoms with van der Waals surface area (Å²) in [7, 11) is -4.62. The van der Waals surface area contributed by atoms with E-state index in [0.717, 1.165) is 44.2 Å². The van der Waals surface area contributed by atoms with E-state index >= 15 is 0 Å². The number of amides is 2. The summed E-state index contributed by atoms with van der Waals surface area (Å²) in [6.07, 6.45) is -0.0151. The molecule has 1 aliphatic carbocycles.